The smallest absolute Gasteiger partial charge is 0.303 e. The van der Waals surface area contributed by atoms with E-state index in [2.05, 4.69) is 59.7 Å². The molecule has 0 amide bonds. The average Bonchev–Trinajstić information content (AvgIpc) is 3.41. The number of aromatic nitrogens is 5. The Bertz CT molecular complexity index is 1250. The van der Waals surface area contributed by atoms with Crippen molar-refractivity contribution < 1.29 is 14.6 Å². The van der Waals surface area contributed by atoms with E-state index in [0.29, 0.717) is 25.3 Å². The fraction of sp³-hybridized carbons (Fsp3) is 0.367. The summed E-state index contributed by atoms with van der Waals surface area (Å²) >= 11 is 0. The van der Waals surface area contributed by atoms with Crippen LogP contribution in [0.3, 0.4) is 0 Å². The fourth-order valence-electron chi connectivity index (χ4n) is 4.47. The van der Waals surface area contributed by atoms with Crippen molar-refractivity contribution in [1.82, 2.24) is 25.2 Å². The van der Waals surface area contributed by atoms with E-state index in [4.69, 9.17) is 14.8 Å². The monoisotopic (exact) mass is 513 g/mol. The third-order valence-electron chi connectivity index (χ3n) is 6.56. The number of rotatable bonds is 14. The molecule has 38 heavy (non-hydrogen) atoms. The second-order valence-corrected chi connectivity index (χ2v) is 10.0. The maximum Gasteiger partial charge on any atom is 0.303 e. The van der Waals surface area contributed by atoms with Crippen molar-refractivity contribution >= 4 is 5.97 Å². The average molecular weight is 514 g/mol. The summed E-state index contributed by atoms with van der Waals surface area (Å²) in [6.07, 6.45) is 4.89. The first-order valence-corrected chi connectivity index (χ1v) is 13.2. The van der Waals surface area contributed by atoms with Crippen LogP contribution in [0.15, 0.2) is 72.8 Å². The Morgan fingerprint density at radius 2 is 1.61 bits per heavy atom. The first kappa shape index (κ1) is 27.0. The quantitative estimate of drug-likeness (QED) is 0.201. The number of pyridine rings is 1. The zero-order chi connectivity index (χ0) is 26.8. The molecule has 0 fully saturated rings. The molecule has 4 aromatic rings. The summed E-state index contributed by atoms with van der Waals surface area (Å²) in [5.74, 6) is 0.644. The zero-order valence-electron chi connectivity index (χ0n) is 22.1. The van der Waals surface area contributed by atoms with Gasteiger partial charge in [0, 0.05) is 24.5 Å². The van der Waals surface area contributed by atoms with E-state index in [9.17, 15) is 4.79 Å². The first-order chi connectivity index (χ1) is 18.4. The maximum atomic E-state index is 10.8. The van der Waals surface area contributed by atoms with Gasteiger partial charge < -0.3 is 9.84 Å². The van der Waals surface area contributed by atoms with E-state index < -0.39 is 5.97 Å². The molecule has 0 spiro atoms. The number of benzene rings is 2. The summed E-state index contributed by atoms with van der Waals surface area (Å²) < 4.78 is 8.02. The van der Waals surface area contributed by atoms with Gasteiger partial charge in [-0.15, -0.1) is 5.10 Å². The third-order valence-corrected chi connectivity index (χ3v) is 6.56. The van der Waals surface area contributed by atoms with Gasteiger partial charge in [0.05, 0.1) is 17.8 Å². The van der Waals surface area contributed by atoms with Crippen LogP contribution in [0.1, 0.15) is 58.2 Å². The molecule has 8 nitrogen and oxygen atoms in total. The summed E-state index contributed by atoms with van der Waals surface area (Å²) in [4.78, 5) is 15.5. The van der Waals surface area contributed by atoms with Gasteiger partial charge in [0.1, 0.15) is 0 Å². The molecule has 2 aromatic heterocycles. The van der Waals surface area contributed by atoms with Gasteiger partial charge in [-0.3, -0.25) is 4.79 Å². The molecule has 4 rings (SSSR count). The molecule has 2 heterocycles. The number of tetrazole rings is 1. The molecular formula is C30H35N5O3. The molecule has 2 aromatic carbocycles. The highest BCUT2D eigenvalue weighted by Crippen LogP contribution is 2.29. The molecule has 198 valence electrons. The minimum Gasteiger partial charge on any atom is -0.481 e. The number of carboxylic acids is 1. The maximum absolute atomic E-state index is 10.8. The highest BCUT2D eigenvalue weighted by Gasteiger charge is 2.24. The first-order valence-electron chi connectivity index (χ1n) is 13.2. The number of aryl methyl sites for hydroxylation is 1. The normalized spacial score (nSPS) is 11.4. The summed E-state index contributed by atoms with van der Waals surface area (Å²) in [5.41, 5.74) is 3.89. The van der Waals surface area contributed by atoms with Crippen molar-refractivity contribution in [2.45, 2.75) is 64.3 Å². The highest BCUT2D eigenvalue weighted by molar-refractivity contribution is 5.71. The topological polar surface area (TPSA) is 103 Å². The van der Waals surface area contributed by atoms with Crippen LogP contribution < -0.4 is 4.74 Å². The third kappa shape index (κ3) is 7.47. The van der Waals surface area contributed by atoms with Crippen molar-refractivity contribution in [2.75, 3.05) is 6.61 Å². The molecule has 0 aliphatic rings. The zero-order valence-corrected chi connectivity index (χ0v) is 22.1. The van der Waals surface area contributed by atoms with E-state index in [1.54, 1.807) is 0 Å². The van der Waals surface area contributed by atoms with Crippen LogP contribution in [-0.2, 0) is 16.8 Å². The number of ether oxygens (including phenoxy) is 1. The predicted octanol–water partition coefficient (Wildman–Crippen LogP) is 6.18. The Balaban J connectivity index is 1.34. The predicted molar refractivity (Wildman–Crippen MR) is 147 cm³/mol. The minimum absolute atomic E-state index is 0.168. The molecule has 0 aliphatic heterocycles. The molecule has 1 N–H and O–H groups in total. The van der Waals surface area contributed by atoms with Crippen LogP contribution in [0.2, 0.25) is 0 Å². The van der Waals surface area contributed by atoms with E-state index in [1.807, 2.05) is 47.1 Å². The van der Waals surface area contributed by atoms with Gasteiger partial charge in [-0.25, -0.2) is 9.67 Å². The number of unbranched alkanes of at least 4 members (excludes halogenated alkanes) is 2. The standard InChI is InChI=1S/C30H35N5O3/c1-30(2,35-27(32-33-34-35)17-9-10-18-29(36)37)19-11-12-20-38-28-22-25(23-13-5-3-6-14-23)21-26(31-28)24-15-7-4-8-16-24/h3-8,13-16,21-22H,9-12,17-20H2,1-2H3,(H,36,37). The molecule has 0 unspecified atom stereocenters. The summed E-state index contributed by atoms with van der Waals surface area (Å²) in [6, 6.07) is 24.5. The Morgan fingerprint density at radius 3 is 2.32 bits per heavy atom. The van der Waals surface area contributed by atoms with Crippen LogP contribution in [0.25, 0.3) is 22.4 Å². The summed E-state index contributed by atoms with van der Waals surface area (Å²) in [6.45, 7) is 4.82. The molecule has 0 radical (unpaired) electrons. The SMILES string of the molecule is CC(C)(CCCCOc1cc(-c2ccccc2)cc(-c2ccccc2)n1)n1nnnc1CCCCC(=O)O. The second kappa shape index (κ2) is 12.9. The van der Waals surface area contributed by atoms with Gasteiger partial charge in [-0.05, 0) is 73.6 Å². The summed E-state index contributed by atoms with van der Waals surface area (Å²) in [7, 11) is 0. The van der Waals surface area contributed by atoms with E-state index in [1.165, 1.54) is 0 Å². The number of hydrogen-bond acceptors (Lipinski definition) is 6. The van der Waals surface area contributed by atoms with Crippen LogP contribution in [0.4, 0.5) is 0 Å². The van der Waals surface area contributed by atoms with Crippen molar-refractivity contribution in [2.24, 2.45) is 0 Å². The number of carboxylic acid groups (broad SMARTS) is 1. The number of hydrogen-bond donors (Lipinski definition) is 1. The number of nitrogens with zero attached hydrogens (tertiary/aromatic N) is 5. The van der Waals surface area contributed by atoms with E-state index in [0.717, 1.165) is 53.9 Å². The van der Waals surface area contributed by atoms with Gasteiger partial charge in [0.2, 0.25) is 5.88 Å². The van der Waals surface area contributed by atoms with Crippen LogP contribution in [-0.4, -0.2) is 42.9 Å². The molecule has 8 heteroatoms. The number of carbonyl (C=O) groups is 1. The van der Waals surface area contributed by atoms with Crippen molar-refractivity contribution in [3.63, 3.8) is 0 Å². The lowest BCUT2D eigenvalue weighted by atomic mass is 9.97. The lowest BCUT2D eigenvalue weighted by Crippen LogP contribution is -2.29. The van der Waals surface area contributed by atoms with E-state index >= 15 is 0 Å². The van der Waals surface area contributed by atoms with Crippen LogP contribution in [0.5, 0.6) is 5.88 Å². The van der Waals surface area contributed by atoms with Gasteiger partial charge in [-0.1, -0.05) is 60.7 Å². The molecule has 0 atom stereocenters. The minimum atomic E-state index is -0.773. The Morgan fingerprint density at radius 1 is 0.895 bits per heavy atom. The molecule has 0 bridgehead atoms. The van der Waals surface area contributed by atoms with Crippen molar-refractivity contribution in [3.05, 3.63) is 78.6 Å². The van der Waals surface area contributed by atoms with Gasteiger partial charge in [0.25, 0.3) is 0 Å². The van der Waals surface area contributed by atoms with Crippen LogP contribution >= 0.6 is 0 Å². The van der Waals surface area contributed by atoms with E-state index in [-0.39, 0.29) is 12.0 Å². The molecule has 0 saturated carbocycles. The lowest BCUT2D eigenvalue weighted by molar-refractivity contribution is -0.137. The van der Waals surface area contributed by atoms with Gasteiger partial charge >= 0.3 is 5.97 Å². The van der Waals surface area contributed by atoms with Crippen molar-refractivity contribution in [3.8, 4) is 28.3 Å². The highest BCUT2D eigenvalue weighted by atomic mass is 16.5. The summed E-state index contributed by atoms with van der Waals surface area (Å²) in [5, 5.41) is 21.1. The fourth-order valence-corrected chi connectivity index (χ4v) is 4.47. The lowest BCUT2D eigenvalue weighted by Gasteiger charge is -2.25. The van der Waals surface area contributed by atoms with Gasteiger partial charge in [0.15, 0.2) is 5.82 Å². The van der Waals surface area contributed by atoms with Crippen LogP contribution in [0, 0.1) is 0 Å². The molecule has 0 saturated heterocycles. The Hall–Kier alpha value is -4.07. The van der Waals surface area contributed by atoms with Crippen molar-refractivity contribution in [1.29, 1.82) is 0 Å². The molecule has 0 aliphatic carbocycles. The molecular weight excluding hydrogens is 478 g/mol. The number of aliphatic carboxylic acids is 1. The second-order valence-electron chi connectivity index (χ2n) is 10.0. The Labute approximate surface area is 223 Å². The van der Waals surface area contributed by atoms with Gasteiger partial charge in [-0.2, -0.15) is 0 Å². The Kier molecular flexibility index (Phi) is 9.19. The largest absolute Gasteiger partial charge is 0.481 e.